The van der Waals surface area contributed by atoms with Gasteiger partial charge < -0.3 is 4.74 Å². The zero-order valence-electron chi connectivity index (χ0n) is 16.5. The molecule has 1 fully saturated rings. The zero-order chi connectivity index (χ0) is 19.9. The van der Waals surface area contributed by atoms with Gasteiger partial charge in [0.1, 0.15) is 0 Å². The van der Waals surface area contributed by atoms with Crippen LogP contribution in [0.15, 0.2) is 30.3 Å². The second-order valence-electron chi connectivity index (χ2n) is 8.22. The summed E-state index contributed by atoms with van der Waals surface area (Å²) in [5.74, 6) is 0.0890. The lowest BCUT2D eigenvalue weighted by Gasteiger charge is -2.31. The molecule has 2 aromatic carbocycles. The monoisotopic (exact) mass is 388 g/mol. The van der Waals surface area contributed by atoms with Crippen LogP contribution in [0.3, 0.4) is 0 Å². The van der Waals surface area contributed by atoms with Gasteiger partial charge in [-0.15, -0.1) is 0 Å². The van der Waals surface area contributed by atoms with Gasteiger partial charge in [-0.1, -0.05) is 51.0 Å². The van der Waals surface area contributed by atoms with Crippen LogP contribution in [0.25, 0.3) is 11.1 Å². The third kappa shape index (κ3) is 3.31. The van der Waals surface area contributed by atoms with Gasteiger partial charge in [0, 0.05) is 5.56 Å². The molecule has 150 valence electrons. The normalized spacial score (nSPS) is 22.9. The first-order valence-electron chi connectivity index (χ1n) is 10.5. The van der Waals surface area contributed by atoms with Crippen LogP contribution in [0.1, 0.15) is 75.0 Å². The van der Waals surface area contributed by atoms with E-state index in [9.17, 15) is 13.2 Å². The highest BCUT2D eigenvalue weighted by molar-refractivity contribution is 5.77. The minimum Gasteiger partial charge on any atom is -0.425 e. The van der Waals surface area contributed by atoms with E-state index in [4.69, 9.17) is 4.74 Å². The van der Waals surface area contributed by atoms with E-state index >= 15 is 0 Å². The van der Waals surface area contributed by atoms with Crippen LogP contribution in [0, 0.1) is 11.7 Å². The van der Waals surface area contributed by atoms with Gasteiger partial charge in [0.05, 0.1) is 5.56 Å². The summed E-state index contributed by atoms with van der Waals surface area (Å²) >= 11 is 0. The highest BCUT2D eigenvalue weighted by Crippen LogP contribution is 2.50. The summed E-state index contributed by atoms with van der Waals surface area (Å²) in [6, 6.07) is 8.66. The quantitative estimate of drug-likeness (QED) is 0.525. The summed E-state index contributed by atoms with van der Waals surface area (Å²) in [7, 11) is 0. The van der Waals surface area contributed by atoms with Crippen molar-refractivity contribution >= 4 is 0 Å². The fourth-order valence-corrected chi connectivity index (χ4v) is 4.75. The maximum absolute atomic E-state index is 14.8. The molecule has 4 rings (SSSR count). The molecule has 0 bridgehead atoms. The molecular formula is C24H27F3O. The summed E-state index contributed by atoms with van der Waals surface area (Å²) in [5.41, 5.74) is 2.02. The Bertz CT molecular complexity index is 866. The van der Waals surface area contributed by atoms with Crippen molar-refractivity contribution in [2.45, 2.75) is 70.8 Å². The van der Waals surface area contributed by atoms with E-state index < -0.39 is 11.9 Å². The van der Waals surface area contributed by atoms with E-state index in [0.29, 0.717) is 29.0 Å². The standard InChI is InChI=1S/C24H27F3O/c1-3-5-17-10-13-20-19-12-11-18(16-8-6-15(4-2)7-9-16)14-21(19)24(26,27)28-23(20)22(17)25/h10-16H,3-9H2,1-2H3. The Hall–Kier alpha value is -1.97. The number of benzene rings is 2. The van der Waals surface area contributed by atoms with Gasteiger partial charge in [0.25, 0.3) is 0 Å². The van der Waals surface area contributed by atoms with Crippen molar-refractivity contribution < 1.29 is 17.9 Å². The van der Waals surface area contributed by atoms with E-state index in [1.807, 2.05) is 13.0 Å². The van der Waals surface area contributed by atoms with E-state index in [1.165, 1.54) is 6.42 Å². The second-order valence-corrected chi connectivity index (χ2v) is 8.22. The van der Waals surface area contributed by atoms with Crippen LogP contribution in [0.2, 0.25) is 0 Å². The van der Waals surface area contributed by atoms with Crippen molar-refractivity contribution in [3.8, 4) is 16.9 Å². The van der Waals surface area contributed by atoms with Crippen molar-refractivity contribution in [1.29, 1.82) is 0 Å². The molecule has 1 nitrogen and oxygen atoms in total. The topological polar surface area (TPSA) is 9.23 Å². The number of fused-ring (bicyclic) bond motifs is 3. The minimum atomic E-state index is -3.52. The van der Waals surface area contributed by atoms with Crippen LogP contribution in [-0.4, -0.2) is 0 Å². The lowest BCUT2D eigenvalue weighted by Crippen LogP contribution is -2.28. The summed E-state index contributed by atoms with van der Waals surface area (Å²) in [4.78, 5) is 0. The lowest BCUT2D eigenvalue weighted by molar-refractivity contribution is -0.188. The van der Waals surface area contributed by atoms with Gasteiger partial charge in [0.15, 0.2) is 11.6 Å². The number of halogens is 3. The molecule has 0 N–H and O–H groups in total. The van der Waals surface area contributed by atoms with Gasteiger partial charge in [-0.05, 0) is 66.7 Å². The molecule has 1 saturated carbocycles. The highest BCUT2D eigenvalue weighted by Gasteiger charge is 2.43. The highest BCUT2D eigenvalue weighted by atomic mass is 19.3. The molecule has 2 aliphatic rings. The molecule has 0 unspecified atom stereocenters. The SMILES string of the molecule is CCCc1ccc2c(c1F)OC(F)(F)c1cc(C3CCC(CC)CC3)ccc1-2. The number of alkyl halides is 2. The molecule has 1 heterocycles. The Kier molecular flexibility index (Phi) is 5.15. The lowest BCUT2D eigenvalue weighted by atomic mass is 9.77. The maximum Gasteiger partial charge on any atom is 0.427 e. The first kappa shape index (κ1) is 19.4. The Morgan fingerprint density at radius 2 is 1.71 bits per heavy atom. The molecule has 0 spiro atoms. The van der Waals surface area contributed by atoms with E-state index in [0.717, 1.165) is 43.6 Å². The smallest absolute Gasteiger partial charge is 0.425 e. The van der Waals surface area contributed by atoms with Gasteiger partial charge in [-0.2, -0.15) is 8.78 Å². The Morgan fingerprint density at radius 1 is 1.00 bits per heavy atom. The third-order valence-electron chi connectivity index (χ3n) is 6.47. The number of aryl methyl sites for hydroxylation is 1. The molecule has 2 aromatic rings. The Labute approximate surface area is 164 Å². The molecule has 0 aromatic heterocycles. The average molecular weight is 388 g/mol. The number of hydrogen-bond donors (Lipinski definition) is 0. The first-order valence-corrected chi connectivity index (χ1v) is 10.5. The fourth-order valence-electron chi connectivity index (χ4n) is 4.75. The zero-order valence-corrected chi connectivity index (χ0v) is 16.5. The molecule has 0 radical (unpaired) electrons. The maximum atomic E-state index is 14.8. The first-order chi connectivity index (χ1) is 13.4. The van der Waals surface area contributed by atoms with Crippen molar-refractivity contribution in [1.82, 2.24) is 0 Å². The number of hydrogen-bond acceptors (Lipinski definition) is 1. The minimum absolute atomic E-state index is 0.141. The molecular weight excluding hydrogens is 361 g/mol. The molecule has 0 amide bonds. The van der Waals surface area contributed by atoms with Crippen molar-refractivity contribution in [3.63, 3.8) is 0 Å². The number of ether oxygens (including phenoxy) is 1. The van der Waals surface area contributed by atoms with Crippen LogP contribution >= 0.6 is 0 Å². The molecule has 1 aliphatic carbocycles. The molecule has 1 aliphatic heterocycles. The van der Waals surface area contributed by atoms with Crippen LogP contribution in [-0.2, 0) is 12.5 Å². The summed E-state index contributed by atoms with van der Waals surface area (Å²) in [6.07, 6.45) is 3.28. The summed E-state index contributed by atoms with van der Waals surface area (Å²) in [6.45, 7) is 4.14. The van der Waals surface area contributed by atoms with E-state index in [1.54, 1.807) is 24.3 Å². The van der Waals surface area contributed by atoms with Crippen molar-refractivity contribution in [2.24, 2.45) is 5.92 Å². The molecule has 0 saturated heterocycles. The molecule has 28 heavy (non-hydrogen) atoms. The predicted molar refractivity (Wildman–Crippen MR) is 105 cm³/mol. The fraction of sp³-hybridized carbons (Fsp3) is 0.500. The molecule has 4 heteroatoms. The third-order valence-corrected chi connectivity index (χ3v) is 6.47. The Balaban J connectivity index is 1.72. The summed E-state index contributed by atoms with van der Waals surface area (Å²) < 4.78 is 49.4. The van der Waals surface area contributed by atoms with Crippen LogP contribution < -0.4 is 4.74 Å². The number of rotatable bonds is 4. The van der Waals surface area contributed by atoms with Gasteiger partial charge in [0.2, 0.25) is 0 Å². The Morgan fingerprint density at radius 3 is 2.39 bits per heavy atom. The largest absolute Gasteiger partial charge is 0.427 e. The molecule has 0 atom stereocenters. The second kappa shape index (κ2) is 7.46. The van der Waals surface area contributed by atoms with Crippen molar-refractivity contribution in [2.75, 3.05) is 0 Å². The van der Waals surface area contributed by atoms with Gasteiger partial charge in [-0.25, -0.2) is 4.39 Å². The summed E-state index contributed by atoms with van der Waals surface area (Å²) in [5, 5.41) is 0. The average Bonchev–Trinajstić information content (AvgIpc) is 2.70. The van der Waals surface area contributed by atoms with Crippen LogP contribution in [0.4, 0.5) is 13.2 Å². The van der Waals surface area contributed by atoms with Gasteiger partial charge in [-0.3, -0.25) is 0 Å². The van der Waals surface area contributed by atoms with Crippen molar-refractivity contribution in [3.05, 3.63) is 52.8 Å². The van der Waals surface area contributed by atoms with Gasteiger partial charge >= 0.3 is 6.11 Å². The van der Waals surface area contributed by atoms with E-state index in [2.05, 4.69) is 6.92 Å². The van der Waals surface area contributed by atoms with E-state index in [-0.39, 0.29) is 11.3 Å². The van der Waals surface area contributed by atoms with Crippen LogP contribution in [0.5, 0.6) is 5.75 Å². The predicted octanol–water partition coefficient (Wildman–Crippen LogP) is 7.57.